The summed E-state index contributed by atoms with van der Waals surface area (Å²) < 4.78 is 56.1. The summed E-state index contributed by atoms with van der Waals surface area (Å²) in [7, 11) is -5.61. The smallest absolute Gasteiger partial charge is 0.255 e. The van der Waals surface area contributed by atoms with Crippen LogP contribution in [0.2, 0.25) is 0 Å². The van der Waals surface area contributed by atoms with Crippen LogP contribution in [0.25, 0.3) is 0 Å². The van der Waals surface area contributed by atoms with E-state index in [4.69, 9.17) is 4.74 Å². The quantitative estimate of drug-likeness (QED) is 0.591. The van der Waals surface area contributed by atoms with Crippen LogP contribution in [0.4, 0.5) is 17.1 Å². The lowest BCUT2D eigenvalue weighted by Crippen LogP contribution is -2.16. The number of nitrogens with one attached hydrogen (secondary N) is 3. The van der Waals surface area contributed by atoms with Crippen molar-refractivity contribution in [2.24, 2.45) is 0 Å². The third-order valence-corrected chi connectivity index (χ3v) is 5.43. The molecule has 0 bridgehead atoms. The third-order valence-electron chi connectivity index (χ3n) is 3.53. The van der Waals surface area contributed by atoms with Gasteiger partial charge in [-0.15, -0.1) is 0 Å². The van der Waals surface area contributed by atoms with Crippen LogP contribution < -0.4 is 19.5 Å². The third kappa shape index (κ3) is 6.13. The molecule has 0 spiro atoms. The van der Waals surface area contributed by atoms with Gasteiger partial charge in [-0.3, -0.25) is 14.2 Å². The summed E-state index contributed by atoms with van der Waals surface area (Å²) in [6.07, 6.45) is 1.00. The Hall–Kier alpha value is -2.79. The summed E-state index contributed by atoms with van der Waals surface area (Å²) in [5.41, 5.74) is 0.997. The van der Waals surface area contributed by atoms with Gasteiger partial charge in [0.25, 0.3) is 5.91 Å². The molecule has 3 N–H and O–H groups in total. The molecule has 0 fully saturated rings. The van der Waals surface area contributed by atoms with Crippen LogP contribution in [0.3, 0.4) is 0 Å². The Kier molecular flexibility index (Phi) is 6.52. The van der Waals surface area contributed by atoms with Crippen molar-refractivity contribution in [2.75, 3.05) is 33.9 Å². The molecule has 2 aromatic carbocycles. The predicted molar refractivity (Wildman–Crippen MR) is 109 cm³/mol. The molecule has 0 saturated heterocycles. The van der Waals surface area contributed by atoms with E-state index in [2.05, 4.69) is 14.8 Å². The molecule has 0 heterocycles. The van der Waals surface area contributed by atoms with Crippen LogP contribution in [0, 0.1) is 0 Å². The van der Waals surface area contributed by atoms with Gasteiger partial charge in [0.2, 0.25) is 20.0 Å². The first-order valence-corrected chi connectivity index (χ1v) is 11.6. The van der Waals surface area contributed by atoms with E-state index in [-0.39, 0.29) is 22.7 Å². The van der Waals surface area contributed by atoms with E-state index in [0.29, 0.717) is 11.4 Å². The van der Waals surface area contributed by atoms with Gasteiger partial charge in [-0.05, 0) is 43.3 Å². The fraction of sp³-hybridized carbons (Fsp3) is 0.235. The number of carbonyl (C=O) groups excluding carboxylic acids is 1. The van der Waals surface area contributed by atoms with Crippen LogP contribution in [0.5, 0.6) is 5.75 Å². The first kappa shape index (κ1) is 21.5. The molecule has 2 aromatic rings. The molecular formula is C17H21N3O6S2. The van der Waals surface area contributed by atoms with E-state index >= 15 is 0 Å². The van der Waals surface area contributed by atoms with Crippen LogP contribution in [0.1, 0.15) is 17.3 Å². The first-order valence-electron chi connectivity index (χ1n) is 8.10. The van der Waals surface area contributed by atoms with E-state index in [0.717, 1.165) is 6.26 Å². The average molecular weight is 428 g/mol. The van der Waals surface area contributed by atoms with Gasteiger partial charge in [-0.2, -0.15) is 0 Å². The van der Waals surface area contributed by atoms with E-state index in [1.165, 1.54) is 44.4 Å². The minimum absolute atomic E-state index is 0.0919. The summed E-state index contributed by atoms with van der Waals surface area (Å²) in [6, 6.07) is 10.5. The Morgan fingerprint density at radius 2 is 1.71 bits per heavy atom. The topological polar surface area (TPSA) is 131 Å². The molecule has 2 rings (SSSR count). The van der Waals surface area contributed by atoms with Gasteiger partial charge in [-0.25, -0.2) is 16.8 Å². The number of hydrogen-bond donors (Lipinski definition) is 3. The number of sulfonamides is 2. The number of ether oxygens (including phenoxy) is 1. The minimum Gasteiger partial charge on any atom is -0.495 e. The number of methoxy groups -OCH3 is 1. The molecule has 0 aliphatic rings. The zero-order chi connectivity index (χ0) is 20.9. The van der Waals surface area contributed by atoms with Crippen LogP contribution >= 0.6 is 0 Å². The molecule has 11 heteroatoms. The summed E-state index contributed by atoms with van der Waals surface area (Å²) in [5.74, 6) is -0.293. The van der Waals surface area contributed by atoms with Gasteiger partial charge in [0, 0.05) is 16.9 Å². The molecule has 152 valence electrons. The van der Waals surface area contributed by atoms with Crippen molar-refractivity contribution in [3.8, 4) is 5.75 Å². The van der Waals surface area contributed by atoms with Gasteiger partial charge in [0.05, 0.1) is 24.8 Å². The highest BCUT2D eigenvalue weighted by atomic mass is 32.2. The molecule has 0 atom stereocenters. The maximum Gasteiger partial charge on any atom is 0.255 e. The number of benzene rings is 2. The van der Waals surface area contributed by atoms with E-state index < -0.39 is 26.0 Å². The maximum absolute atomic E-state index is 12.5. The largest absolute Gasteiger partial charge is 0.495 e. The maximum atomic E-state index is 12.5. The molecule has 0 unspecified atom stereocenters. The molecule has 9 nitrogen and oxygen atoms in total. The minimum atomic E-state index is -3.54. The van der Waals surface area contributed by atoms with E-state index in [1.807, 2.05) is 0 Å². The Labute approximate surface area is 164 Å². The Morgan fingerprint density at radius 3 is 2.32 bits per heavy atom. The number of amides is 1. The molecule has 0 aromatic heterocycles. The van der Waals surface area contributed by atoms with Crippen LogP contribution in [-0.4, -0.2) is 41.9 Å². The van der Waals surface area contributed by atoms with E-state index in [9.17, 15) is 21.6 Å². The van der Waals surface area contributed by atoms with Crippen molar-refractivity contribution < 1.29 is 26.4 Å². The molecule has 0 radical (unpaired) electrons. The average Bonchev–Trinajstić information content (AvgIpc) is 2.60. The van der Waals surface area contributed by atoms with Gasteiger partial charge in [0.1, 0.15) is 5.75 Å². The van der Waals surface area contributed by atoms with Crippen LogP contribution in [-0.2, 0) is 20.0 Å². The SMILES string of the molecule is CCS(=O)(=O)Nc1cccc(C(=O)Nc2ccc(OC)c(NS(C)(=O)=O)c2)c1. The van der Waals surface area contributed by atoms with Crippen molar-refractivity contribution in [3.05, 3.63) is 48.0 Å². The Balaban J connectivity index is 2.24. The second-order valence-electron chi connectivity index (χ2n) is 5.83. The standard InChI is InChI=1S/C17H21N3O6S2/c1-4-28(24,25)19-14-7-5-6-12(10-14)17(21)18-13-8-9-16(26-2)15(11-13)20-27(3,22)23/h5-11,19-20H,4H2,1-3H3,(H,18,21). The van der Waals surface area contributed by atoms with Crippen molar-refractivity contribution in [1.82, 2.24) is 0 Å². The lowest BCUT2D eigenvalue weighted by atomic mass is 10.2. The first-order chi connectivity index (χ1) is 13.0. The van der Waals surface area contributed by atoms with Crippen molar-refractivity contribution in [2.45, 2.75) is 6.92 Å². The highest BCUT2D eigenvalue weighted by Crippen LogP contribution is 2.29. The molecule has 0 aliphatic carbocycles. The zero-order valence-electron chi connectivity index (χ0n) is 15.5. The van der Waals surface area contributed by atoms with Gasteiger partial charge in [0.15, 0.2) is 0 Å². The molecule has 1 amide bonds. The highest BCUT2D eigenvalue weighted by molar-refractivity contribution is 7.92. The van der Waals surface area contributed by atoms with Gasteiger partial charge >= 0.3 is 0 Å². The monoisotopic (exact) mass is 427 g/mol. The van der Waals surface area contributed by atoms with Gasteiger partial charge < -0.3 is 10.1 Å². The van der Waals surface area contributed by atoms with Crippen molar-refractivity contribution in [1.29, 1.82) is 0 Å². The zero-order valence-corrected chi connectivity index (χ0v) is 17.1. The van der Waals surface area contributed by atoms with Crippen molar-refractivity contribution in [3.63, 3.8) is 0 Å². The summed E-state index contributed by atoms with van der Waals surface area (Å²) in [5, 5.41) is 2.63. The van der Waals surface area contributed by atoms with Crippen LogP contribution in [0.15, 0.2) is 42.5 Å². The second-order valence-corrected chi connectivity index (χ2v) is 9.59. The summed E-state index contributed by atoms with van der Waals surface area (Å²) >= 11 is 0. The fourth-order valence-electron chi connectivity index (χ4n) is 2.24. The molecule has 0 saturated carbocycles. The number of rotatable bonds is 8. The molecule has 28 heavy (non-hydrogen) atoms. The lowest BCUT2D eigenvalue weighted by Gasteiger charge is -2.13. The number of carbonyl (C=O) groups is 1. The molecule has 0 aliphatic heterocycles. The predicted octanol–water partition coefficient (Wildman–Crippen LogP) is 2.08. The Morgan fingerprint density at radius 1 is 1.00 bits per heavy atom. The fourth-order valence-corrected chi connectivity index (χ4v) is 3.43. The second kappa shape index (κ2) is 8.48. The highest BCUT2D eigenvalue weighted by Gasteiger charge is 2.13. The van der Waals surface area contributed by atoms with Gasteiger partial charge in [-0.1, -0.05) is 6.07 Å². The van der Waals surface area contributed by atoms with E-state index in [1.54, 1.807) is 12.1 Å². The molecular weight excluding hydrogens is 406 g/mol. The summed E-state index contributed by atoms with van der Waals surface area (Å²) in [6.45, 7) is 1.50. The normalized spacial score (nSPS) is 11.5. The van der Waals surface area contributed by atoms with Crippen molar-refractivity contribution >= 4 is 43.0 Å². The lowest BCUT2D eigenvalue weighted by molar-refractivity contribution is 0.102. The number of hydrogen-bond acceptors (Lipinski definition) is 6. The summed E-state index contributed by atoms with van der Waals surface area (Å²) in [4.78, 5) is 12.5. The Bertz CT molecular complexity index is 1080. The number of anilines is 3.